The molecule has 2 aromatic heterocycles. The van der Waals surface area contributed by atoms with Crippen LogP contribution in [-0.2, 0) is 18.7 Å². The van der Waals surface area contributed by atoms with Crippen LogP contribution < -0.4 is 0 Å². The zero-order valence-corrected chi connectivity index (χ0v) is 19.6. The number of hydrogen-bond acceptors (Lipinski definition) is 6. The molecule has 4 aromatic rings. The van der Waals surface area contributed by atoms with Crippen molar-refractivity contribution < 1.29 is 4.79 Å². The molecule has 0 atom stereocenters. The minimum absolute atomic E-state index is 0.00549. The van der Waals surface area contributed by atoms with Gasteiger partial charge in [0.15, 0.2) is 5.16 Å². The van der Waals surface area contributed by atoms with Crippen molar-refractivity contribution in [2.24, 2.45) is 0 Å². The van der Waals surface area contributed by atoms with Crippen molar-refractivity contribution in [2.45, 2.75) is 37.7 Å². The third-order valence-electron chi connectivity index (χ3n) is 5.66. The molecule has 2 aromatic carbocycles. The van der Waals surface area contributed by atoms with Crippen molar-refractivity contribution >= 4 is 29.0 Å². The van der Waals surface area contributed by atoms with Crippen LogP contribution in [0.1, 0.15) is 38.0 Å². The quantitative estimate of drug-likeness (QED) is 0.398. The van der Waals surface area contributed by atoms with Crippen LogP contribution in [0, 0.1) is 13.8 Å². The Hall–Kier alpha value is -2.97. The number of fused-ring (bicyclic) bond motifs is 1. The van der Waals surface area contributed by atoms with Gasteiger partial charge in [-0.25, -0.2) is 4.98 Å². The van der Waals surface area contributed by atoms with E-state index >= 15 is 0 Å². The van der Waals surface area contributed by atoms with Gasteiger partial charge in [-0.1, -0.05) is 54.2 Å². The molecule has 0 saturated heterocycles. The van der Waals surface area contributed by atoms with E-state index in [1.54, 1.807) is 11.8 Å². The molecule has 0 aliphatic carbocycles. The summed E-state index contributed by atoms with van der Waals surface area (Å²) in [5.74, 6) is 1.50. The predicted molar refractivity (Wildman–Crippen MR) is 127 cm³/mol. The van der Waals surface area contributed by atoms with Crippen molar-refractivity contribution in [3.05, 3.63) is 87.1 Å². The van der Waals surface area contributed by atoms with Crippen LogP contribution in [-0.4, -0.2) is 37.1 Å². The number of benzene rings is 2. The molecule has 5 rings (SSSR count). The van der Waals surface area contributed by atoms with Crippen molar-refractivity contribution in [1.29, 1.82) is 0 Å². The molecule has 0 bridgehead atoms. The van der Waals surface area contributed by atoms with E-state index in [0.29, 0.717) is 18.0 Å². The zero-order chi connectivity index (χ0) is 22.1. The van der Waals surface area contributed by atoms with Gasteiger partial charge in [0.2, 0.25) is 0 Å². The molecule has 1 amide bonds. The molecule has 32 heavy (non-hydrogen) atoms. The lowest BCUT2D eigenvalue weighted by Crippen LogP contribution is -2.36. The van der Waals surface area contributed by atoms with Crippen LogP contribution in [0.5, 0.6) is 0 Å². The van der Waals surface area contributed by atoms with E-state index < -0.39 is 0 Å². The summed E-state index contributed by atoms with van der Waals surface area (Å²) in [6.45, 7) is 5.42. The molecular formula is C24H23N5OS2. The second-order valence-corrected chi connectivity index (χ2v) is 9.70. The topological polar surface area (TPSA) is 63.9 Å². The Morgan fingerprint density at radius 3 is 2.69 bits per heavy atom. The van der Waals surface area contributed by atoms with Gasteiger partial charge < -0.3 is 4.90 Å². The molecule has 0 radical (unpaired) electrons. The number of nitrogens with zero attached hydrogens (tertiary/aromatic N) is 5. The third-order valence-corrected chi connectivity index (χ3v) is 7.64. The molecule has 0 fully saturated rings. The largest absolute Gasteiger partial charge is 0.333 e. The van der Waals surface area contributed by atoms with E-state index in [9.17, 15) is 4.79 Å². The average Bonchev–Trinajstić information content (AvgIpc) is 3.44. The summed E-state index contributed by atoms with van der Waals surface area (Å²) in [5.41, 5.74) is 5.34. The van der Waals surface area contributed by atoms with Gasteiger partial charge in [-0.2, -0.15) is 0 Å². The van der Waals surface area contributed by atoms with E-state index in [1.165, 1.54) is 28.0 Å². The number of aromatic nitrogens is 4. The second kappa shape index (κ2) is 8.88. The van der Waals surface area contributed by atoms with Crippen LogP contribution >= 0.6 is 23.1 Å². The van der Waals surface area contributed by atoms with Gasteiger partial charge >= 0.3 is 0 Å². The molecular weight excluding hydrogens is 438 g/mol. The summed E-state index contributed by atoms with van der Waals surface area (Å²) in [6.07, 6.45) is 0.892. The summed E-state index contributed by atoms with van der Waals surface area (Å²) >= 11 is 3.11. The molecule has 0 unspecified atom stereocenters. The lowest BCUT2D eigenvalue weighted by molar-refractivity contribution is 0.0729. The van der Waals surface area contributed by atoms with Gasteiger partial charge in [0.1, 0.15) is 16.5 Å². The molecule has 0 N–H and O–H groups in total. The van der Waals surface area contributed by atoms with Crippen molar-refractivity contribution in [3.63, 3.8) is 0 Å². The SMILES string of the molecule is Cc1ccccc1-n1c(C)nnc1SCc1nc(C(=O)N2CCc3ccccc3C2)cs1. The summed E-state index contributed by atoms with van der Waals surface area (Å²) in [7, 11) is 0. The maximum absolute atomic E-state index is 13.0. The molecule has 1 aliphatic heterocycles. The van der Waals surface area contributed by atoms with Gasteiger partial charge in [0.05, 0.1) is 11.4 Å². The Kier molecular flexibility index (Phi) is 5.80. The van der Waals surface area contributed by atoms with E-state index in [0.717, 1.165) is 34.6 Å². The summed E-state index contributed by atoms with van der Waals surface area (Å²) in [6, 6.07) is 16.5. The van der Waals surface area contributed by atoms with Crippen molar-refractivity contribution in [1.82, 2.24) is 24.6 Å². The Bertz CT molecular complexity index is 1280. The van der Waals surface area contributed by atoms with Gasteiger partial charge in [-0.15, -0.1) is 21.5 Å². The Morgan fingerprint density at radius 1 is 1.06 bits per heavy atom. The second-order valence-electron chi connectivity index (χ2n) is 7.81. The van der Waals surface area contributed by atoms with Crippen molar-refractivity contribution in [3.8, 4) is 5.69 Å². The minimum Gasteiger partial charge on any atom is -0.333 e. The summed E-state index contributed by atoms with van der Waals surface area (Å²) in [4.78, 5) is 19.5. The van der Waals surface area contributed by atoms with Crippen LogP contribution in [0.2, 0.25) is 0 Å². The number of aryl methyl sites for hydroxylation is 2. The highest BCUT2D eigenvalue weighted by Gasteiger charge is 2.23. The molecule has 6 nitrogen and oxygen atoms in total. The molecule has 3 heterocycles. The number of thioether (sulfide) groups is 1. The van der Waals surface area contributed by atoms with Crippen LogP contribution in [0.25, 0.3) is 5.69 Å². The number of hydrogen-bond donors (Lipinski definition) is 0. The highest BCUT2D eigenvalue weighted by atomic mass is 32.2. The van der Waals surface area contributed by atoms with Crippen LogP contribution in [0.4, 0.5) is 0 Å². The average molecular weight is 462 g/mol. The first kappa shape index (κ1) is 20.9. The van der Waals surface area contributed by atoms with E-state index in [-0.39, 0.29) is 5.91 Å². The lowest BCUT2D eigenvalue weighted by atomic mass is 10.00. The lowest BCUT2D eigenvalue weighted by Gasteiger charge is -2.28. The Balaban J connectivity index is 1.28. The summed E-state index contributed by atoms with van der Waals surface area (Å²) < 4.78 is 2.07. The minimum atomic E-state index is 0.00549. The van der Waals surface area contributed by atoms with Crippen LogP contribution in [0.15, 0.2) is 59.1 Å². The van der Waals surface area contributed by atoms with E-state index in [2.05, 4.69) is 57.0 Å². The Labute approximate surface area is 195 Å². The molecule has 1 aliphatic rings. The fourth-order valence-corrected chi connectivity index (χ4v) is 5.74. The number of carbonyl (C=O) groups is 1. The first-order valence-corrected chi connectivity index (χ1v) is 12.4. The number of amides is 1. The third kappa shape index (κ3) is 4.08. The maximum atomic E-state index is 13.0. The highest BCUT2D eigenvalue weighted by molar-refractivity contribution is 7.98. The monoisotopic (exact) mass is 461 g/mol. The van der Waals surface area contributed by atoms with Crippen molar-refractivity contribution in [2.75, 3.05) is 6.54 Å². The fourth-order valence-electron chi connectivity index (χ4n) is 3.96. The predicted octanol–water partition coefficient (Wildman–Crippen LogP) is 4.83. The Morgan fingerprint density at radius 2 is 1.84 bits per heavy atom. The molecule has 0 spiro atoms. The molecule has 0 saturated carbocycles. The number of carbonyl (C=O) groups excluding carboxylic acids is 1. The van der Waals surface area contributed by atoms with Gasteiger partial charge in [0, 0.05) is 18.5 Å². The standard InChI is InChI=1S/C24H23N5OS2/c1-16-7-3-6-10-21(16)29-17(2)26-27-24(29)32-15-22-25-20(14-31-22)23(30)28-12-11-18-8-4-5-9-19(18)13-28/h3-10,14H,11-13,15H2,1-2H3. The number of para-hydroxylation sites is 1. The molecule has 162 valence electrons. The molecule has 8 heteroatoms. The summed E-state index contributed by atoms with van der Waals surface area (Å²) in [5, 5.41) is 12.2. The van der Waals surface area contributed by atoms with E-state index in [1.807, 2.05) is 35.4 Å². The maximum Gasteiger partial charge on any atom is 0.273 e. The fraction of sp³-hybridized carbons (Fsp3) is 0.250. The zero-order valence-electron chi connectivity index (χ0n) is 18.0. The normalized spacial score (nSPS) is 13.2. The van der Waals surface area contributed by atoms with Gasteiger partial charge in [0.25, 0.3) is 5.91 Å². The van der Waals surface area contributed by atoms with Crippen LogP contribution in [0.3, 0.4) is 0 Å². The smallest absolute Gasteiger partial charge is 0.273 e. The van der Waals surface area contributed by atoms with E-state index in [4.69, 9.17) is 0 Å². The number of rotatable bonds is 5. The van der Waals surface area contributed by atoms with Gasteiger partial charge in [-0.3, -0.25) is 9.36 Å². The highest BCUT2D eigenvalue weighted by Crippen LogP contribution is 2.28. The number of thiazole rings is 1. The van der Waals surface area contributed by atoms with Gasteiger partial charge in [-0.05, 0) is 43.0 Å². The first-order valence-electron chi connectivity index (χ1n) is 10.5. The first-order chi connectivity index (χ1) is 15.6.